The van der Waals surface area contributed by atoms with Crippen LogP contribution in [0.2, 0.25) is 0 Å². The second-order valence-electron chi connectivity index (χ2n) is 3.12. The van der Waals surface area contributed by atoms with E-state index in [0.29, 0.717) is 0 Å². The van der Waals surface area contributed by atoms with Gasteiger partial charge in [-0.15, -0.1) is 9.24 Å². The average Bonchev–Trinajstić information content (AvgIpc) is 2.27. The van der Waals surface area contributed by atoms with E-state index in [-0.39, 0.29) is 7.92 Å². The number of hydrogen-bond donors (Lipinski definition) is 0. The van der Waals surface area contributed by atoms with E-state index in [1.807, 2.05) is 11.6 Å². The zero-order chi connectivity index (χ0) is 11.1. The van der Waals surface area contributed by atoms with E-state index in [1.165, 1.54) is 22.9 Å². The van der Waals surface area contributed by atoms with Crippen LogP contribution in [0.4, 0.5) is 0 Å². The highest BCUT2D eigenvalue weighted by atomic mass is 31.1. The highest BCUT2D eigenvalue weighted by Crippen LogP contribution is 2.38. The van der Waals surface area contributed by atoms with Crippen LogP contribution in [0.1, 0.15) is 0 Å². The smallest absolute Gasteiger partial charge is 0.0200 e. The number of hydrogen-bond acceptors (Lipinski definition) is 0. The Labute approximate surface area is 98.0 Å². The van der Waals surface area contributed by atoms with Crippen molar-refractivity contribution in [3.8, 4) is 0 Å². The van der Waals surface area contributed by atoms with Gasteiger partial charge in [-0.2, -0.15) is 0 Å². The lowest BCUT2D eigenvalue weighted by Gasteiger charge is -2.08. The SMILES string of the molecule is C=CP(C=C)CCPc1ccccc1P. The minimum Gasteiger partial charge on any atom is -0.105 e. The van der Waals surface area contributed by atoms with Gasteiger partial charge in [0.1, 0.15) is 0 Å². The van der Waals surface area contributed by atoms with E-state index in [4.69, 9.17) is 0 Å². The molecule has 0 spiro atoms. The van der Waals surface area contributed by atoms with E-state index in [1.54, 1.807) is 0 Å². The fraction of sp³-hybridized carbons (Fsp3) is 0.167. The van der Waals surface area contributed by atoms with Crippen molar-refractivity contribution in [1.82, 2.24) is 0 Å². The van der Waals surface area contributed by atoms with Crippen molar-refractivity contribution in [1.29, 1.82) is 0 Å². The molecule has 0 saturated heterocycles. The molecule has 15 heavy (non-hydrogen) atoms. The minimum absolute atomic E-state index is 0.134. The predicted molar refractivity (Wildman–Crippen MR) is 80.8 cm³/mol. The Morgan fingerprint density at radius 2 is 1.93 bits per heavy atom. The molecule has 2 atom stereocenters. The van der Waals surface area contributed by atoms with Crippen LogP contribution in [0.5, 0.6) is 0 Å². The third kappa shape index (κ3) is 4.56. The van der Waals surface area contributed by atoms with Crippen molar-refractivity contribution < 1.29 is 0 Å². The summed E-state index contributed by atoms with van der Waals surface area (Å²) in [4.78, 5) is 0. The Morgan fingerprint density at radius 1 is 1.27 bits per heavy atom. The van der Waals surface area contributed by atoms with Crippen molar-refractivity contribution in [2.24, 2.45) is 0 Å². The first-order chi connectivity index (χ1) is 7.27. The monoisotopic (exact) mass is 254 g/mol. The van der Waals surface area contributed by atoms with Gasteiger partial charge in [0.05, 0.1) is 0 Å². The summed E-state index contributed by atoms with van der Waals surface area (Å²) in [5.41, 5.74) is 0. The predicted octanol–water partition coefficient (Wildman–Crippen LogP) is 3.26. The highest BCUT2D eigenvalue weighted by molar-refractivity contribution is 7.64. The molecule has 0 aliphatic carbocycles. The molecule has 3 heteroatoms. The van der Waals surface area contributed by atoms with E-state index in [9.17, 15) is 0 Å². The molecule has 1 aromatic rings. The molecule has 80 valence electrons. The fourth-order valence-electron chi connectivity index (χ4n) is 1.23. The van der Waals surface area contributed by atoms with E-state index < -0.39 is 0 Å². The molecule has 1 rings (SSSR count). The van der Waals surface area contributed by atoms with Crippen molar-refractivity contribution in [2.45, 2.75) is 0 Å². The molecule has 0 N–H and O–H groups in total. The first-order valence-electron chi connectivity index (χ1n) is 4.87. The summed E-state index contributed by atoms with van der Waals surface area (Å²) in [6.45, 7) is 7.66. The van der Waals surface area contributed by atoms with Crippen LogP contribution >= 0.6 is 25.7 Å². The van der Waals surface area contributed by atoms with Crippen LogP contribution in [0.25, 0.3) is 0 Å². The summed E-state index contributed by atoms with van der Waals surface area (Å²) >= 11 is 0. The van der Waals surface area contributed by atoms with Gasteiger partial charge in [0, 0.05) is 0 Å². The summed E-state index contributed by atoms with van der Waals surface area (Å²) in [5, 5.41) is 2.79. The molecular weight excluding hydrogens is 237 g/mol. The summed E-state index contributed by atoms with van der Waals surface area (Å²) in [7, 11) is 3.57. The Bertz CT molecular complexity index is 325. The molecular formula is C12H17P3. The standard InChI is InChI=1S/C12H17P3/c1-3-15(4-2)10-9-14-12-8-6-5-7-11(12)13/h3-8,14H,1-2,9-10,13H2. The quantitative estimate of drug-likeness (QED) is 0.683. The summed E-state index contributed by atoms with van der Waals surface area (Å²) < 4.78 is 0. The van der Waals surface area contributed by atoms with Crippen molar-refractivity contribution in [3.05, 3.63) is 49.1 Å². The lowest BCUT2D eigenvalue weighted by molar-refractivity contribution is 1.53. The summed E-state index contributed by atoms with van der Waals surface area (Å²) in [6, 6.07) is 8.55. The highest BCUT2D eigenvalue weighted by Gasteiger charge is 2.00. The maximum absolute atomic E-state index is 3.83. The zero-order valence-electron chi connectivity index (χ0n) is 8.82. The second-order valence-corrected chi connectivity index (χ2v) is 7.34. The molecule has 0 aliphatic rings. The molecule has 0 radical (unpaired) electrons. The van der Waals surface area contributed by atoms with Crippen molar-refractivity contribution >= 4 is 36.4 Å². The van der Waals surface area contributed by atoms with Gasteiger partial charge in [0.2, 0.25) is 0 Å². The second kappa shape index (κ2) is 7.29. The molecule has 0 fully saturated rings. The maximum atomic E-state index is 3.83. The molecule has 0 amide bonds. The summed E-state index contributed by atoms with van der Waals surface area (Å²) in [5.74, 6) is 4.08. The first kappa shape index (κ1) is 13.1. The van der Waals surface area contributed by atoms with Gasteiger partial charge < -0.3 is 0 Å². The van der Waals surface area contributed by atoms with Gasteiger partial charge in [-0.1, -0.05) is 65.6 Å². The minimum atomic E-state index is -0.134. The molecule has 0 bridgehead atoms. The van der Waals surface area contributed by atoms with Crippen molar-refractivity contribution in [3.63, 3.8) is 0 Å². The van der Waals surface area contributed by atoms with Crippen LogP contribution in [-0.2, 0) is 0 Å². The van der Waals surface area contributed by atoms with Gasteiger partial charge in [0.15, 0.2) is 0 Å². The zero-order valence-corrected chi connectivity index (χ0v) is 11.9. The topological polar surface area (TPSA) is 0 Å². The Balaban J connectivity index is 2.41. The molecule has 0 aliphatic heterocycles. The summed E-state index contributed by atoms with van der Waals surface area (Å²) in [6.07, 6.45) is 2.47. The molecule has 0 heterocycles. The molecule has 2 unspecified atom stereocenters. The molecule has 0 aromatic heterocycles. The van der Waals surface area contributed by atoms with Crippen LogP contribution in [0.15, 0.2) is 49.1 Å². The van der Waals surface area contributed by atoms with Crippen LogP contribution in [0.3, 0.4) is 0 Å². The van der Waals surface area contributed by atoms with Crippen LogP contribution in [0, 0.1) is 0 Å². The fourth-order valence-corrected chi connectivity index (χ4v) is 4.51. The van der Waals surface area contributed by atoms with Gasteiger partial charge in [-0.25, -0.2) is 0 Å². The molecule has 0 saturated carbocycles. The van der Waals surface area contributed by atoms with Gasteiger partial charge in [-0.3, -0.25) is 0 Å². The number of rotatable bonds is 6. The number of benzene rings is 1. The van der Waals surface area contributed by atoms with Gasteiger partial charge in [-0.05, 0) is 22.9 Å². The largest absolute Gasteiger partial charge is 0.105 e. The van der Waals surface area contributed by atoms with Crippen LogP contribution in [-0.4, -0.2) is 12.3 Å². The Kier molecular flexibility index (Phi) is 6.35. The normalized spacial score (nSPS) is 11.1. The lowest BCUT2D eigenvalue weighted by atomic mass is 10.4. The van der Waals surface area contributed by atoms with Crippen LogP contribution < -0.4 is 10.6 Å². The third-order valence-corrected chi connectivity index (χ3v) is 6.34. The van der Waals surface area contributed by atoms with Gasteiger partial charge >= 0.3 is 0 Å². The van der Waals surface area contributed by atoms with Crippen molar-refractivity contribution in [2.75, 3.05) is 12.3 Å². The van der Waals surface area contributed by atoms with Gasteiger partial charge in [0.25, 0.3) is 0 Å². The van der Waals surface area contributed by atoms with E-state index >= 15 is 0 Å². The first-order valence-corrected chi connectivity index (χ1v) is 8.32. The average molecular weight is 254 g/mol. The third-order valence-electron chi connectivity index (χ3n) is 2.12. The molecule has 1 aromatic carbocycles. The maximum Gasteiger partial charge on any atom is -0.0200 e. The Hall–Kier alpha value is -0.0100. The van der Waals surface area contributed by atoms with E-state index in [2.05, 4.69) is 46.7 Å². The molecule has 0 nitrogen and oxygen atoms in total. The lowest BCUT2D eigenvalue weighted by Crippen LogP contribution is -2.12. The van der Waals surface area contributed by atoms with E-state index in [0.717, 1.165) is 8.58 Å². The Morgan fingerprint density at radius 3 is 2.53 bits per heavy atom.